The summed E-state index contributed by atoms with van der Waals surface area (Å²) in [6.45, 7) is 0.302. The van der Waals surface area contributed by atoms with Gasteiger partial charge in [0.25, 0.3) is 0 Å². The topological polar surface area (TPSA) is 83.5 Å². The molecular formula is C16H17NO4S. The van der Waals surface area contributed by atoms with Crippen LogP contribution in [-0.4, -0.2) is 25.7 Å². The molecule has 5 nitrogen and oxygen atoms in total. The number of benzene rings is 2. The van der Waals surface area contributed by atoms with Crippen molar-refractivity contribution in [2.24, 2.45) is 0 Å². The highest BCUT2D eigenvalue weighted by Crippen LogP contribution is 2.16. The summed E-state index contributed by atoms with van der Waals surface area (Å²) in [6.07, 6.45) is 1.24. The number of hydrogen-bond acceptors (Lipinski definition) is 4. The van der Waals surface area contributed by atoms with Gasteiger partial charge < -0.3 is 10.4 Å². The first kappa shape index (κ1) is 16.0. The van der Waals surface area contributed by atoms with Gasteiger partial charge >= 0.3 is 0 Å². The lowest BCUT2D eigenvalue weighted by Gasteiger charge is -2.07. The Hall–Kier alpha value is -2.34. The molecule has 0 atom stereocenters. The van der Waals surface area contributed by atoms with E-state index in [-0.39, 0.29) is 23.0 Å². The fourth-order valence-electron chi connectivity index (χ4n) is 1.95. The van der Waals surface area contributed by atoms with Crippen molar-refractivity contribution < 1.29 is 18.3 Å². The Kier molecular flexibility index (Phi) is 4.82. The van der Waals surface area contributed by atoms with Gasteiger partial charge in [-0.1, -0.05) is 30.3 Å². The number of amides is 1. The van der Waals surface area contributed by atoms with Gasteiger partial charge in [0.05, 0.1) is 11.3 Å². The summed E-state index contributed by atoms with van der Waals surface area (Å²) in [5.74, 6) is -0.121. The summed E-state index contributed by atoms with van der Waals surface area (Å²) in [4.78, 5) is 12.1. The highest BCUT2D eigenvalue weighted by molar-refractivity contribution is 7.90. The zero-order chi connectivity index (χ0) is 16.2. The molecule has 22 heavy (non-hydrogen) atoms. The Morgan fingerprint density at radius 3 is 2.32 bits per heavy atom. The van der Waals surface area contributed by atoms with E-state index in [1.807, 2.05) is 0 Å². The highest BCUT2D eigenvalue weighted by Gasteiger charge is 2.08. The number of nitrogens with one attached hydrogen (secondary N) is 1. The van der Waals surface area contributed by atoms with Crippen LogP contribution in [0.25, 0.3) is 0 Å². The molecule has 0 fully saturated rings. The summed E-state index contributed by atoms with van der Waals surface area (Å²) in [7, 11) is -3.21. The molecule has 0 radical (unpaired) electrons. The average molecular weight is 319 g/mol. The van der Waals surface area contributed by atoms with E-state index in [9.17, 15) is 18.3 Å². The second-order valence-corrected chi connectivity index (χ2v) is 7.01. The zero-order valence-electron chi connectivity index (χ0n) is 12.1. The second-order valence-electron chi connectivity index (χ2n) is 5.00. The molecular weight excluding hydrogens is 302 g/mol. The Morgan fingerprint density at radius 1 is 1.09 bits per heavy atom. The van der Waals surface area contributed by atoms with Crippen LogP contribution in [0.2, 0.25) is 0 Å². The van der Waals surface area contributed by atoms with Crippen molar-refractivity contribution in [2.45, 2.75) is 17.9 Å². The Labute approximate surface area is 129 Å². The van der Waals surface area contributed by atoms with Crippen LogP contribution in [0.1, 0.15) is 11.1 Å². The van der Waals surface area contributed by atoms with Crippen LogP contribution in [0, 0.1) is 0 Å². The fraction of sp³-hybridized carbons (Fsp3) is 0.188. The van der Waals surface area contributed by atoms with E-state index in [4.69, 9.17) is 0 Å². The van der Waals surface area contributed by atoms with E-state index < -0.39 is 9.84 Å². The van der Waals surface area contributed by atoms with Crippen LogP contribution in [-0.2, 0) is 27.6 Å². The molecule has 2 rings (SSSR count). The minimum absolute atomic E-state index is 0.0914. The molecule has 116 valence electrons. The predicted molar refractivity (Wildman–Crippen MR) is 83.2 cm³/mol. The molecule has 0 spiro atoms. The second kappa shape index (κ2) is 6.62. The molecule has 6 heteroatoms. The van der Waals surface area contributed by atoms with Gasteiger partial charge in [-0.25, -0.2) is 8.42 Å². The molecule has 2 aromatic carbocycles. The van der Waals surface area contributed by atoms with Gasteiger partial charge in [0.1, 0.15) is 5.75 Å². The van der Waals surface area contributed by atoms with E-state index in [2.05, 4.69) is 5.32 Å². The summed E-state index contributed by atoms with van der Waals surface area (Å²) < 4.78 is 22.7. The standard InChI is InChI=1S/C16H17NO4S/c1-22(20,21)14-8-6-12(7-9-14)11-17-16(19)10-13-4-2-3-5-15(13)18/h2-9,18H,10-11H2,1H3,(H,17,19). The smallest absolute Gasteiger partial charge is 0.224 e. The molecule has 0 bridgehead atoms. The molecule has 2 aromatic rings. The van der Waals surface area contributed by atoms with E-state index in [0.717, 1.165) is 11.8 Å². The van der Waals surface area contributed by atoms with Crippen molar-refractivity contribution in [1.29, 1.82) is 0 Å². The molecule has 0 saturated carbocycles. The first-order valence-corrected chi connectivity index (χ1v) is 8.58. The van der Waals surface area contributed by atoms with Crippen LogP contribution < -0.4 is 5.32 Å². The number of carbonyl (C=O) groups excluding carboxylic acids is 1. The number of hydrogen-bond donors (Lipinski definition) is 2. The van der Waals surface area contributed by atoms with Crippen LogP contribution in [0.5, 0.6) is 5.75 Å². The molecule has 0 heterocycles. The van der Waals surface area contributed by atoms with Crippen molar-refractivity contribution in [2.75, 3.05) is 6.26 Å². The third-order valence-electron chi connectivity index (χ3n) is 3.18. The largest absolute Gasteiger partial charge is 0.508 e. The minimum Gasteiger partial charge on any atom is -0.508 e. The lowest BCUT2D eigenvalue weighted by atomic mass is 10.1. The first-order valence-electron chi connectivity index (χ1n) is 6.69. The number of para-hydroxylation sites is 1. The predicted octanol–water partition coefficient (Wildman–Crippen LogP) is 1.65. The van der Waals surface area contributed by atoms with Gasteiger partial charge in [-0.3, -0.25) is 4.79 Å². The van der Waals surface area contributed by atoms with Crippen LogP contribution in [0.4, 0.5) is 0 Å². The van der Waals surface area contributed by atoms with Crippen molar-refractivity contribution in [3.8, 4) is 5.75 Å². The average Bonchev–Trinajstić information content (AvgIpc) is 2.47. The Balaban J connectivity index is 1.93. The number of aromatic hydroxyl groups is 1. The van der Waals surface area contributed by atoms with E-state index in [0.29, 0.717) is 12.1 Å². The maximum absolute atomic E-state index is 11.8. The summed E-state index contributed by atoms with van der Waals surface area (Å²) in [5.41, 5.74) is 1.37. The Morgan fingerprint density at radius 2 is 1.73 bits per heavy atom. The van der Waals surface area contributed by atoms with Crippen LogP contribution in [0.3, 0.4) is 0 Å². The van der Waals surface area contributed by atoms with E-state index >= 15 is 0 Å². The molecule has 0 aliphatic rings. The van der Waals surface area contributed by atoms with E-state index in [1.54, 1.807) is 30.3 Å². The number of sulfone groups is 1. The third kappa shape index (κ3) is 4.33. The third-order valence-corrected chi connectivity index (χ3v) is 4.31. The van der Waals surface area contributed by atoms with Gasteiger partial charge in [-0.05, 0) is 23.8 Å². The highest BCUT2D eigenvalue weighted by atomic mass is 32.2. The van der Waals surface area contributed by atoms with Crippen molar-refractivity contribution in [1.82, 2.24) is 5.32 Å². The molecule has 0 saturated heterocycles. The molecule has 1 amide bonds. The molecule has 0 aromatic heterocycles. The summed E-state index contributed by atoms with van der Waals surface area (Å²) >= 11 is 0. The lowest BCUT2D eigenvalue weighted by molar-refractivity contribution is -0.120. The molecule has 0 unspecified atom stereocenters. The number of phenols is 1. The molecule has 0 aliphatic heterocycles. The van der Waals surface area contributed by atoms with Gasteiger partial charge in [0.15, 0.2) is 9.84 Å². The minimum atomic E-state index is -3.21. The van der Waals surface area contributed by atoms with Crippen molar-refractivity contribution in [3.05, 3.63) is 59.7 Å². The monoisotopic (exact) mass is 319 g/mol. The summed E-state index contributed by atoms with van der Waals surface area (Å²) in [6, 6.07) is 13.0. The van der Waals surface area contributed by atoms with Gasteiger partial charge in [-0.15, -0.1) is 0 Å². The van der Waals surface area contributed by atoms with Crippen LogP contribution in [0.15, 0.2) is 53.4 Å². The zero-order valence-corrected chi connectivity index (χ0v) is 12.9. The van der Waals surface area contributed by atoms with Crippen LogP contribution >= 0.6 is 0 Å². The quantitative estimate of drug-likeness (QED) is 0.878. The molecule has 0 aliphatic carbocycles. The van der Waals surface area contributed by atoms with E-state index in [1.165, 1.54) is 18.2 Å². The van der Waals surface area contributed by atoms with Gasteiger partial charge in [0, 0.05) is 18.4 Å². The van der Waals surface area contributed by atoms with Gasteiger partial charge in [0.2, 0.25) is 5.91 Å². The Bertz CT molecular complexity index is 767. The number of rotatable bonds is 5. The maximum atomic E-state index is 11.8. The maximum Gasteiger partial charge on any atom is 0.224 e. The summed E-state index contributed by atoms with van der Waals surface area (Å²) in [5, 5.41) is 12.3. The van der Waals surface area contributed by atoms with Gasteiger partial charge in [-0.2, -0.15) is 0 Å². The van der Waals surface area contributed by atoms with Crippen molar-refractivity contribution in [3.63, 3.8) is 0 Å². The number of carbonyl (C=O) groups is 1. The van der Waals surface area contributed by atoms with Crippen molar-refractivity contribution >= 4 is 15.7 Å². The SMILES string of the molecule is CS(=O)(=O)c1ccc(CNC(=O)Cc2ccccc2O)cc1. The first-order chi connectivity index (χ1) is 10.4. The fourth-order valence-corrected chi connectivity index (χ4v) is 2.58. The lowest BCUT2D eigenvalue weighted by Crippen LogP contribution is -2.24. The number of phenolic OH excluding ortho intramolecular Hbond substituents is 1. The molecule has 2 N–H and O–H groups in total. The normalized spacial score (nSPS) is 11.1.